The van der Waals surface area contributed by atoms with Gasteiger partial charge in [0.15, 0.2) is 16.3 Å². The number of nitrogens with zero attached hydrogens (tertiary/aromatic N) is 5. The molecule has 180 valence electrons. The first-order chi connectivity index (χ1) is 17.6. The lowest BCUT2D eigenvalue weighted by Gasteiger charge is -2.12. The van der Waals surface area contributed by atoms with E-state index >= 15 is 0 Å². The summed E-state index contributed by atoms with van der Waals surface area (Å²) in [7, 11) is 0. The van der Waals surface area contributed by atoms with Crippen LogP contribution < -0.4 is 5.56 Å². The van der Waals surface area contributed by atoms with E-state index in [9.17, 15) is 14.0 Å². The van der Waals surface area contributed by atoms with Crippen LogP contribution in [0.3, 0.4) is 0 Å². The molecule has 10 heteroatoms. The SMILES string of the molecule is O=C(CSc1nc2nccnc2c(=O)n1CCc1ccccc1)Cc1nc(-c2cccc(F)c2)cs1. The van der Waals surface area contributed by atoms with Gasteiger partial charge in [-0.1, -0.05) is 54.2 Å². The fraction of sp³-hybridized carbons (Fsp3) is 0.154. The zero-order valence-electron chi connectivity index (χ0n) is 19.0. The summed E-state index contributed by atoms with van der Waals surface area (Å²) in [4.78, 5) is 43.3. The molecule has 0 saturated heterocycles. The van der Waals surface area contributed by atoms with E-state index in [1.54, 1.807) is 16.7 Å². The van der Waals surface area contributed by atoms with Crippen LogP contribution in [0, 0.1) is 5.82 Å². The van der Waals surface area contributed by atoms with Gasteiger partial charge < -0.3 is 0 Å². The van der Waals surface area contributed by atoms with E-state index in [-0.39, 0.29) is 40.5 Å². The molecule has 0 bridgehead atoms. The number of carbonyl (C=O) groups is 1. The molecule has 3 heterocycles. The molecule has 2 aromatic carbocycles. The molecule has 0 aliphatic carbocycles. The molecular formula is C26H20FN5O2S2. The van der Waals surface area contributed by atoms with Crippen LogP contribution in [-0.2, 0) is 24.2 Å². The Bertz CT molecular complexity index is 1590. The number of thiazole rings is 1. The summed E-state index contributed by atoms with van der Waals surface area (Å²) < 4.78 is 15.1. The molecule has 36 heavy (non-hydrogen) atoms. The van der Waals surface area contributed by atoms with Gasteiger partial charge in [-0.05, 0) is 24.1 Å². The van der Waals surface area contributed by atoms with Crippen LogP contribution in [0.4, 0.5) is 4.39 Å². The molecule has 3 aromatic heterocycles. The van der Waals surface area contributed by atoms with Crippen molar-refractivity contribution in [2.45, 2.75) is 24.5 Å². The summed E-state index contributed by atoms with van der Waals surface area (Å²) in [6.45, 7) is 0.405. The molecule has 0 aliphatic heterocycles. The standard InChI is InChI=1S/C26H20FN5O2S2/c27-19-8-4-7-18(13-19)21-16-35-22(30-21)14-20(33)15-36-26-31-24-23(28-10-11-29-24)25(34)32(26)12-9-17-5-2-1-3-6-17/h1-8,10-11,13,16H,9,12,14-15H2. The van der Waals surface area contributed by atoms with Crippen molar-refractivity contribution in [1.29, 1.82) is 0 Å². The second-order valence-corrected chi connectivity index (χ2v) is 9.84. The van der Waals surface area contributed by atoms with Crippen molar-refractivity contribution >= 4 is 40.0 Å². The summed E-state index contributed by atoms with van der Waals surface area (Å²) in [6, 6.07) is 16.1. The Kier molecular flexibility index (Phi) is 7.24. The van der Waals surface area contributed by atoms with Crippen LogP contribution >= 0.6 is 23.1 Å². The Balaban J connectivity index is 1.31. The third-order valence-electron chi connectivity index (χ3n) is 5.41. The smallest absolute Gasteiger partial charge is 0.282 e. The van der Waals surface area contributed by atoms with Crippen molar-refractivity contribution in [2.75, 3.05) is 5.75 Å². The average molecular weight is 518 g/mol. The number of carbonyl (C=O) groups excluding carboxylic acids is 1. The maximum absolute atomic E-state index is 13.5. The second kappa shape index (κ2) is 10.9. The van der Waals surface area contributed by atoms with Gasteiger partial charge in [-0.3, -0.25) is 14.2 Å². The minimum Gasteiger partial charge on any atom is -0.298 e. The van der Waals surface area contributed by atoms with Gasteiger partial charge in [-0.25, -0.2) is 24.3 Å². The highest BCUT2D eigenvalue weighted by atomic mass is 32.2. The van der Waals surface area contributed by atoms with Gasteiger partial charge in [0.1, 0.15) is 16.6 Å². The van der Waals surface area contributed by atoms with Crippen LogP contribution in [0.25, 0.3) is 22.4 Å². The van der Waals surface area contributed by atoms with E-state index in [4.69, 9.17) is 0 Å². The van der Waals surface area contributed by atoms with E-state index < -0.39 is 0 Å². The van der Waals surface area contributed by atoms with Crippen LogP contribution in [0.15, 0.2) is 82.3 Å². The topological polar surface area (TPSA) is 90.6 Å². The van der Waals surface area contributed by atoms with Crippen molar-refractivity contribution in [2.24, 2.45) is 0 Å². The minimum atomic E-state index is -0.333. The van der Waals surface area contributed by atoms with Crippen molar-refractivity contribution in [3.63, 3.8) is 0 Å². The summed E-state index contributed by atoms with van der Waals surface area (Å²) in [5.41, 5.74) is 2.58. The lowest BCUT2D eigenvalue weighted by Crippen LogP contribution is -2.25. The van der Waals surface area contributed by atoms with Crippen molar-refractivity contribution in [3.8, 4) is 11.3 Å². The van der Waals surface area contributed by atoms with Crippen LogP contribution in [-0.4, -0.2) is 36.0 Å². The molecule has 0 amide bonds. The first-order valence-corrected chi connectivity index (χ1v) is 13.0. The third kappa shape index (κ3) is 5.55. The number of ketones is 1. The van der Waals surface area contributed by atoms with Gasteiger partial charge in [0.05, 0.1) is 17.9 Å². The largest absolute Gasteiger partial charge is 0.298 e. The van der Waals surface area contributed by atoms with Crippen molar-refractivity contribution < 1.29 is 9.18 Å². The number of hydrogen-bond acceptors (Lipinski definition) is 8. The summed E-state index contributed by atoms with van der Waals surface area (Å²) >= 11 is 2.57. The summed E-state index contributed by atoms with van der Waals surface area (Å²) in [6.07, 6.45) is 3.74. The maximum Gasteiger partial charge on any atom is 0.282 e. The maximum atomic E-state index is 13.5. The lowest BCUT2D eigenvalue weighted by molar-refractivity contribution is -0.116. The van der Waals surface area contributed by atoms with Gasteiger partial charge in [0.2, 0.25) is 0 Å². The molecule has 7 nitrogen and oxygen atoms in total. The number of thioether (sulfide) groups is 1. The quantitative estimate of drug-likeness (QED) is 0.209. The number of halogens is 1. The van der Waals surface area contributed by atoms with E-state index in [0.717, 1.165) is 5.56 Å². The number of hydrogen-bond donors (Lipinski definition) is 0. The predicted octanol–water partition coefficient (Wildman–Crippen LogP) is 4.60. The molecule has 0 saturated carbocycles. The fourth-order valence-corrected chi connectivity index (χ4v) is 5.36. The minimum absolute atomic E-state index is 0.0526. The number of Topliss-reactive ketones (excluding diaryl/α,β-unsaturated/α-hetero) is 1. The first-order valence-electron chi connectivity index (χ1n) is 11.2. The number of rotatable bonds is 9. The second-order valence-electron chi connectivity index (χ2n) is 7.96. The predicted molar refractivity (Wildman–Crippen MR) is 139 cm³/mol. The van der Waals surface area contributed by atoms with Crippen LogP contribution in [0.1, 0.15) is 10.6 Å². The molecule has 5 aromatic rings. The third-order valence-corrected chi connectivity index (χ3v) is 7.29. The highest BCUT2D eigenvalue weighted by molar-refractivity contribution is 7.99. The zero-order chi connectivity index (χ0) is 24.9. The number of aryl methyl sites for hydroxylation is 1. The van der Waals surface area contributed by atoms with Gasteiger partial charge in [-0.2, -0.15) is 0 Å². The normalized spacial score (nSPS) is 11.1. The Hall–Kier alpha value is -3.76. The Morgan fingerprint density at radius 1 is 1.03 bits per heavy atom. The van der Waals surface area contributed by atoms with Crippen molar-refractivity contribution in [1.82, 2.24) is 24.5 Å². The summed E-state index contributed by atoms with van der Waals surface area (Å²) in [5.74, 6) is -0.262. The Morgan fingerprint density at radius 2 is 1.86 bits per heavy atom. The Morgan fingerprint density at radius 3 is 2.69 bits per heavy atom. The van der Waals surface area contributed by atoms with Gasteiger partial charge in [0.25, 0.3) is 5.56 Å². The van der Waals surface area contributed by atoms with Gasteiger partial charge in [-0.15, -0.1) is 11.3 Å². The van der Waals surface area contributed by atoms with Gasteiger partial charge in [0, 0.05) is 29.9 Å². The average Bonchev–Trinajstić information content (AvgIpc) is 3.36. The molecule has 0 spiro atoms. The summed E-state index contributed by atoms with van der Waals surface area (Å²) in [5, 5.41) is 2.89. The molecule has 0 unspecified atom stereocenters. The van der Waals surface area contributed by atoms with Gasteiger partial charge >= 0.3 is 0 Å². The Labute approximate surface area is 214 Å². The highest BCUT2D eigenvalue weighted by Gasteiger charge is 2.16. The lowest BCUT2D eigenvalue weighted by atomic mass is 10.1. The number of aromatic nitrogens is 5. The molecule has 0 fully saturated rings. The monoisotopic (exact) mass is 517 g/mol. The molecule has 0 radical (unpaired) electrons. The fourth-order valence-electron chi connectivity index (χ4n) is 3.66. The number of benzene rings is 2. The van der Waals surface area contributed by atoms with Crippen LogP contribution in [0.2, 0.25) is 0 Å². The first kappa shape index (κ1) is 24.0. The molecule has 0 aliphatic rings. The van der Waals surface area contributed by atoms with E-state index in [2.05, 4.69) is 19.9 Å². The molecule has 0 atom stereocenters. The number of fused-ring (bicyclic) bond motifs is 1. The zero-order valence-corrected chi connectivity index (χ0v) is 20.6. The molecular weight excluding hydrogens is 497 g/mol. The van der Waals surface area contributed by atoms with Crippen molar-refractivity contribution in [3.05, 3.63) is 99.1 Å². The van der Waals surface area contributed by atoms with E-state index in [1.165, 1.54) is 47.6 Å². The molecule has 5 rings (SSSR count). The van der Waals surface area contributed by atoms with Crippen LogP contribution in [0.5, 0.6) is 0 Å². The molecule has 0 N–H and O–H groups in total. The van der Waals surface area contributed by atoms with E-state index in [0.29, 0.717) is 34.4 Å². The van der Waals surface area contributed by atoms with E-state index in [1.807, 2.05) is 35.7 Å². The highest BCUT2D eigenvalue weighted by Crippen LogP contribution is 2.24.